The molecule has 11 aromatic rings. The lowest BCUT2D eigenvalue weighted by molar-refractivity contribution is 0.669. The van der Waals surface area contributed by atoms with Gasteiger partial charge < -0.3 is 4.42 Å². The van der Waals surface area contributed by atoms with E-state index in [4.69, 9.17) is 4.42 Å². The lowest BCUT2D eigenvalue weighted by atomic mass is 9.85. The summed E-state index contributed by atoms with van der Waals surface area (Å²) in [6.45, 7) is 0. The van der Waals surface area contributed by atoms with E-state index in [-0.39, 0.29) is 0 Å². The molecule has 0 fully saturated rings. The van der Waals surface area contributed by atoms with E-state index >= 15 is 0 Å². The molecule has 0 aliphatic heterocycles. The van der Waals surface area contributed by atoms with Gasteiger partial charge in [-0.25, -0.2) is 0 Å². The van der Waals surface area contributed by atoms with Crippen LogP contribution in [0.25, 0.3) is 106 Å². The van der Waals surface area contributed by atoms with Gasteiger partial charge in [-0.2, -0.15) is 0 Å². The minimum Gasteiger partial charge on any atom is -0.456 e. The van der Waals surface area contributed by atoms with Crippen LogP contribution in [0.5, 0.6) is 0 Å². The lowest BCUT2D eigenvalue weighted by Crippen LogP contribution is -1.90. The zero-order valence-electron chi connectivity index (χ0n) is 25.1. The van der Waals surface area contributed by atoms with E-state index in [1.165, 1.54) is 84.1 Å². The third kappa shape index (κ3) is 3.58. The highest BCUT2D eigenvalue weighted by atomic mass is 32.1. The summed E-state index contributed by atoms with van der Waals surface area (Å²) in [6, 6.07) is 53.4. The molecule has 0 saturated heterocycles. The summed E-state index contributed by atoms with van der Waals surface area (Å²) in [4.78, 5) is 0. The second-order valence-corrected chi connectivity index (χ2v) is 14.5. The fourth-order valence-electron chi connectivity index (χ4n) is 7.83. The van der Waals surface area contributed by atoms with E-state index in [9.17, 15) is 0 Å². The first-order chi connectivity index (χ1) is 23.3. The van der Waals surface area contributed by atoms with Crippen LogP contribution in [0, 0.1) is 0 Å². The van der Waals surface area contributed by atoms with Gasteiger partial charge in [-0.05, 0) is 86.3 Å². The largest absolute Gasteiger partial charge is 0.456 e. The van der Waals surface area contributed by atoms with Crippen molar-refractivity contribution in [1.29, 1.82) is 0 Å². The van der Waals surface area contributed by atoms with Gasteiger partial charge in [0.2, 0.25) is 0 Å². The highest BCUT2D eigenvalue weighted by Gasteiger charge is 2.19. The van der Waals surface area contributed by atoms with Crippen molar-refractivity contribution in [3.63, 3.8) is 0 Å². The summed E-state index contributed by atoms with van der Waals surface area (Å²) in [5.41, 5.74) is 6.80. The van der Waals surface area contributed by atoms with Crippen molar-refractivity contribution < 1.29 is 4.42 Å². The maximum Gasteiger partial charge on any atom is 0.136 e. The van der Waals surface area contributed by atoms with Gasteiger partial charge in [0.05, 0.1) is 0 Å². The predicted octanol–water partition coefficient (Wildman–Crippen LogP) is 14.0. The minimum absolute atomic E-state index is 0.920. The monoisotopic (exact) mass is 632 g/mol. The molecule has 8 aromatic carbocycles. The zero-order chi connectivity index (χ0) is 30.6. The molecule has 0 spiro atoms. The fourth-order valence-corrected chi connectivity index (χ4v) is 10.3. The third-order valence-electron chi connectivity index (χ3n) is 9.87. The van der Waals surface area contributed by atoms with Gasteiger partial charge in [-0.3, -0.25) is 0 Å². The molecule has 0 amide bonds. The second-order valence-electron chi connectivity index (χ2n) is 12.4. The molecule has 0 saturated carbocycles. The molecule has 218 valence electrons. The molecular formula is C44H24OS2. The van der Waals surface area contributed by atoms with E-state index in [0.29, 0.717) is 0 Å². The van der Waals surface area contributed by atoms with Gasteiger partial charge in [0, 0.05) is 51.1 Å². The average molecular weight is 633 g/mol. The summed E-state index contributed by atoms with van der Waals surface area (Å²) in [5, 5.41) is 12.7. The van der Waals surface area contributed by atoms with Crippen LogP contribution in [0.15, 0.2) is 150 Å². The Kier molecular flexibility index (Phi) is 5.20. The van der Waals surface area contributed by atoms with Crippen LogP contribution in [0.4, 0.5) is 0 Å². The van der Waals surface area contributed by atoms with Crippen LogP contribution in [-0.2, 0) is 0 Å². The van der Waals surface area contributed by atoms with Gasteiger partial charge in [0.1, 0.15) is 11.2 Å². The first kappa shape index (κ1) is 25.7. The van der Waals surface area contributed by atoms with E-state index < -0.39 is 0 Å². The Morgan fingerprint density at radius 2 is 0.872 bits per heavy atom. The first-order valence-corrected chi connectivity index (χ1v) is 17.6. The Labute approximate surface area is 277 Å². The molecular weight excluding hydrogens is 609 g/mol. The fraction of sp³-hybridized carbons (Fsp3) is 0. The van der Waals surface area contributed by atoms with E-state index in [1.54, 1.807) is 0 Å². The van der Waals surface area contributed by atoms with Crippen molar-refractivity contribution in [2.45, 2.75) is 0 Å². The zero-order valence-corrected chi connectivity index (χ0v) is 26.7. The molecule has 0 unspecified atom stereocenters. The van der Waals surface area contributed by atoms with E-state index in [2.05, 4.69) is 133 Å². The van der Waals surface area contributed by atoms with Crippen LogP contribution in [0.2, 0.25) is 0 Å². The summed E-state index contributed by atoms with van der Waals surface area (Å²) in [7, 11) is 0. The van der Waals surface area contributed by atoms with Crippen molar-refractivity contribution in [2.24, 2.45) is 0 Å². The van der Waals surface area contributed by atoms with Crippen molar-refractivity contribution in [3.8, 4) is 22.3 Å². The third-order valence-corrected chi connectivity index (χ3v) is 12.2. The molecule has 3 heterocycles. The Hall–Kier alpha value is -5.48. The smallest absolute Gasteiger partial charge is 0.136 e. The quantitative estimate of drug-likeness (QED) is 0.173. The van der Waals surface area contributed by atoms with Crippen molar-refractivity contribution in [3.05, 3.63) is 146 Å². The summed E-state index contributed by atoms with van der Waals surface area (Å²) < 4.78 is 11.8. The number of fused-ring (bicyclic) bond motifs is 12. The van der Waals surface area contributed by atoms with Crippen molar-refractivity contribution in [2.75, 3.05) is 0 Å². The molecule has 0 bridgehead atoms. The average Bonchev–Trinajstić information content (AvgIpc) is 3.80. The number of furan rings is 1. The molecule has 3 heteroatoms. The molecule has 0 atom stereocenters. The van der Waals surface area contributed by atoms with E-state index in [0.717, 1.165) is 21.9 Å². The normalized spacial score (nSPS) is 12.3. The first-order valence-electron chi connectivity index (χ1n) is 15.9. The molecule has 1 nitrogen and oxygen atoms in total. The van der Waals surface area contributed by atoms with Gasteiger partial charge >= 0.3 is 0 Å². The second kappa shape index (κ2) is 9.52. The number of benzene rings is 8. The Bertz CT molecular complexity index is 3020. The SMILES string of the molecule is c1ccc2c(c1)oc1cc(-c3c4ccccc4c(-c4ccc5sc6ccc7c8ccccc8sc7c6c5c4)c4ccccc34)ccc12. The van der Waals surface area contributed by atoms with Gasteiger partial charge in [0.15, 0.2) is 0 Å². The number of rotatable bonds is 2. The van der Waals surface area contributed by atoms with Crippen LogP contribution in [-0.4, -0.2) is 0 Å². The van der Waals surface area contributed by atoms with Crippen LogP contribution in [0.3, 0.4) is 0 Å². The van der Waals surface area contributed by atoms with Gasteiger partial charge in [0.25, 0.3) is 0 Å². The van der Waals surface area contributed by atoms with Gasteiger partial charge in [-0.15, -0.1) is 22.7 Å². The lowest BCUT2D eigenvalue weighted by Gasteiger charge is -2.18. The molecule has 0 N–H and O–H groups in total. The van der Waals surface area contributed by atoms with E-state index in [1.807, 2.05) is 34.8 Å². The van der Waals surface area contributed by atoms with Crippen molar-refractivity contribution in [1.82, 2.24) is 0 Å². The van der Waals surface area contributed by atoms with Crippen molar-refractivity contribution >= 4 is 107 Å². The maximum atomic E-state index is 6.35. The Balaban J connectivity index is 1.21. The van der Waals surface area contributed by atoms with Gasteiger partial charge in [-0.1, -0.05) is 103 Å². The molecule has 47 heavy (non-hydrogen) atoms. The standard InChI is InChI=1S/C44H24OS2/c1-3-13-32-30(11-1)41(25-18-21-39-35(23-25)43-40(46-39)22-20-34-29-10-6-8-16-38(29)47-44(34)43)31-12-2-4-14-33(31)42(32)26-17-19-28-27-9-5-7-15-36(27)45-37(28)24-26/h1-24H. The van der Waals surface area contributed by atoms with Crippen LogP contribution >= 0.6 is 22.7 Å². The number of hydrogen-bond acceptors (Lipinski definition) is 3. The highest BCUT2D eigenvalue weighted by Crippen LogP contribution is 2.48. The summed E-state index contributed by atoms with van der Waals surface area (Å²) in [5.74, 6) is 0. The van der Waals surface area contributed by atoms with Crippen LogP contribution < -0.4 is 0 Å². The maximum absolute atomic E-state index is 6.35. The number of thiophene rings is 2. The topological polar surface area (TPSA) is 13.1 Å². The molecule has 0 aliphatic rings. The predicted molar refractivity (Wildman–Crippen MR) is 205 cm³/mol. The molecule has 11 rings (SSSR count). The minimum atomic E-state index is 0.920. The van der Waals surface area contributed by atoms with Crippen LogP contribution in [0.1, 0.15) is 0 Å². The summed E-state index contributed by atoms with van der Waals surface area (Å²) in [6.07, 6.45) is 0. The number of hydrogen-bond donors (Lipinski definition) is 0. The number of para-hydroxylation sites is 1. The molecule has 0 aliphatic carbocycles. The Morgan fingerprint density at radius 3 is 1.62 bits per heavy atom. The highest BCUT2D eigenvalue weighted by molar-refractivity contribution is 7.29. The summed E-state index contributed by atoms with van der Waals surface area (Å²) >= 11 is 3.82. The Morgan fingerprint density at radius 1 is 0.340 bits per heavy atom. The molecule has 3 aromatic heterocycles. The molecule has 0 radical (unpaired) electrons.